The summed E-state index contributed by atoms with van der Waals surface area (Å²) in [6, 6.07) is 1.29. The first kappa shape index (κ1) is 15.3. The monoisotopic (exact) mass is 310 g/mol. The Bertz CT molecular complexity index is 739. The molecule has 0 heterocycles. The van der Waals surface area contributed by atoms with Gasteiger partial charge in [0, 0.05) is 13.1 Å². The van der Waals surface area contributed by atoms with Crippen molar-refractivity contribution in [2.45, 2.75) is 9.79 Å². The fourth-order valence-electron chi connectivity index (χ4n) is 1.35. The zero-order chi connectivity index (χ0) is 15.0. The number of sulfonamides is 2. The number of hydrogen-bond acceptors (Lipinski definition) is 7. The lowest BCUT2D eigenvalue weighted by atomic mass is 10.3. The Morgan fingerprint density at radius 1 is 1.11 bits per heavy atom. The Morgan fingerprint density at radius 3 is 1.89 bits per heavy atom. The average molecular weight is 310 g/mol. The van der Waals surface area contributed by atoms with Gasteiger partial charge >= 0.3 is 0 Å². The van der Waals surface area contributed by atoms with Crippen molar-refractivity contribution in [3.05, 3.63) is 22.2 Å². The van der Waals surface area contributed by atoms with Gasteiger partial charge in [0.05, 0.1) is 10.6 Å². The van der Waals surface area contributed by atoms with Crippen molar-refractivity contribution < 1.29 is 21.8 Å². The van der Waals surface area contributed by atoms with E-state index in [0.717, 1.165) is 6.07 Å². The Kier molecular flexibility index (Phi) is 3.81. The van der Waals surface area contributed by atoms with E-state index in [0.29, 0.717) is 6.07 Å². The molecular formula is C7H10N4O6S2. The van der Waals surface area contributed by atoms with Gasteiger partial charge in [-0.25, -0.2) is 27.1 Å². The van der Waals surface area contributed by atoms with Gasteiger partial charge in [0.15, 0.2) is 4.90 Å². The fraction of sp³-hybridized carbons (Fsp3) is 0.143. The third-order valence-corrected chi connectivity index (χ3v) is 4.03. The Morgan fingerprint density at radius 2 is 1.58 bits per heavy atom. The molecule has 0 aliphatic heterocycles. The van der Waals surface area contributed by atoms with Crippen LogP contribution in [0.1, 0.15) is 0 Å². The van der Waals surface area contributed by atoms with E-state index in [1.165, 1.54) is 7.05 Å². The first-order valence-corrected chi connectivity index (χ1v) is 7.63. The van der Waals surface area contributed by atoms with E-state index < -0.39 is 40.4 Å². The molecule has 0 amide bonds. The summed E-state index contributed by atoms with van der Waals surface area (Å²) in [4.78, 5) is 8.25. The van der Waals surface area contributed by atoms with Gasteiger partial charge in [-0.15, -0.1) is 0 Å². The Hall–Kier alpha value is -1.76. The summed E-state index contributed by atoms with van der Waals surface area (Å²) < 4.78 is 45.1. The minimum Gasteiger partial charge on any atom is -0.387 e. The van der Waals surface area contributed by atoms with Crippen LogP contribution in [0.3, 0.4) is 0 Å². The van der Waals surface area contributed by atoms with Gasteiger partial charge in [-0.1, -0.05) is 0 Å². The number of primary sulfonamides is 2. The third kappa shape index (κ3) is 3.17. The molecule has 0 fully saturated rings. The summed E-state index contributed by atoms with van der Waals surface area (Å²) in [5.74, 6) is 0. The van der Waals surface area contributed by atoms with Crippen molar-refractivity contribution in [1.82, 2.24) is 0 Å². The predicted octanol–water partition coefficient (Wildman–Crippen LogP) is -1.07. The van der Waals surface area contributed by atoms with E-state index in [2.05, 4.69) is 5.32 Å². The number of benzene rings is 1. The molecule has 106 valence electrons. The smallest absolute Gasteiger partial charge is 0.291 e. The van der Waals surface area contributed by atoms with Crippen molar-refractivity contribution in [2.75, 3.05) is 12.4 Å². The molecule has 1 aromatic carbocycles. The lowest BCUT2D eigenvalue weighted by Gasteiger charge is -2.09. The zero-order valence-electron chi connectivity index (χ0n) is 9.52. The number of nitrogens with two attached hydrogens (primary N) is 2. The van der Waals surface area contributed by atoms with Crippen LogP contribution in [0.15, 0.2) is 21.9 Å². The molecule has 0 atom stereocenters. The molecule has 5 N–H and O–H groups in total. The largest absolute Gasteiger partial charge is 0.387 e. The lowest BCUT2D eigenvalue weighted by Crippen LogP contribution is -2.19. The van der Waals surface area contributed by atoms with E-state index in [1.54, 1.807) is 0 Å². The summed E-state index contributed by atoms with van der Waals surface area (Å²) in [5.41, 5.74) is -1.05. The second-order valence-electron chi connectivity index (χ2n) is 3.41. The van der Waals surface area contributed by atoms with Crippen molar-refractivity contribution >= 4 is 31.4 Å². The summed E-state index contributed by atoms with van der Waals surface area (Å²) in [6.45, 7) is 0. The van der Waals surface area contributed by atoms with Gasteiger partial charge in [0.25, 0.3) is 5.69 Å². The maximum atomic E-state index is 11.3. The van der Waals surface area contributed by atoms with Crippen molar-refractivity contribution in [3.63, 3.8) is 0 Å². The van der Waals surface area contributed by atoms with E-state index in [1.807, 2.05) is 0 Å². The van der Waals surface area contributed by atoms with Gasteiger partial charge in [-0.05, 0) is 6.07 Å². The summed E-state index contributed by atoms with van der Waals surface area (Å²) in [5, 5.41) is 22.9. The molecule has 10 nitrogen and oxygen atoms in total. The van der Waals surface area contributed by atoms with Crippen LogP contribution in [0.2, 0.25) is 0 Å². The second-order valence-corrected chi connectivity index (χ2v) is 6.47. The zero-order valence-corrected chi connectivity index (χ0v) is 11.2. The molecule has 0 radical (unpaired) electrons. The van der Waals surface area contributed by atoms with Crippen LogP contribution in [-0.4, -0.2) is 28.8 Å². The van der Waals surface area contributed by atoms with E-state index >= 15 is 0 Å². The Labute approximate surface area is 108 Å². The fourth-order valence-corrected chi connectivity index (χ4v) is 2.88. The molecule has 12 heteroatoms. The van der Waals surface area contributed by atoms with Gasteiger partial charge in [0.2, 0.25) is 20.0 Å². The Balaban J connectivity index is 3.88. The number of anilines is 1. The van der Waals surface area contributed by atoms with Gasteiger partial charge < -0.3 is 5.32 Å². The van der Waals surface area contributed by atoms with Gasteiger partial charge in [-0.3, -0.25) is 10.1 Å². The number of nitrogens with zero attached hydrogens (tertiary/aromatic N) is 1. The molecule has 0 bridgehead atoms. The molecule has 0 saturated heterocycles. The van der Waals surface area contributed by atoms with Crippen molar-refractivity contribution in [2.24, 2.45) is 10.3 Å². The number of nitrogens with one attached hydrogen (secondary N) is 1. The van der Waals surface area contributed by atoms with Gasteiger partial charge in [-0.2, -0.15) is 0 Å². The highest BCUT2D eigenvalue weighted by atomic mass is 32.2. The van der Waals surface area contributed by atoms with E-state index in [4.69, 9.17) is 10.3 Å². The number of nitro benzene ring substituents is 1. The molecule has 0 aliphatic rings. The highest BCUT2D eigenvalue weighted by Crippen LogP contribution is 2.31. The SMILES string of the molecule is CNc1cc([N+](=O)[O-])c(S(N)(=O)=O)cc1S(N)(=O)=O. The average Bonchev–Trinajstić information content (AvgIpc) is 2.24. The van der Waals surface area contributed by atoms with Gasteiger partial charge in [0.1, 0.15) is 4.90 Å². The topological polar surface area (TPSA) is 175 Å². The minimum atomic E-state index is -4.48. The summed E-state index contributed by atoms with van der Waals surface area (Å²) >= 11 is 0. The molecule has 0 spiro atoms. The highest BCUT2D eigenvalue weighted by Gasteiger charge is 2.28. The molecule has 0 unspecified atom stereocenters. The molecule has 1 aromatic rings. The molecule has 0 aliphatic carbocycles. The number of hydrogen-bond donors (Lipinski definition) is 3. The minimum absolute atomic E-state index is 0.207. The van der Waals surface area contributed by atoms with Crippen LogP contribution in [0.25, 0.3) is 0 Å². The normalized spacial score (nSPS) is 12.2. The molecule has 0 saturated carbocycles. The van der Waals surface area contributed by atoms with Crippen LogP contribution < -0.4 is 15.6 Å². The standard InChI is InChI=1S/C7H10N4O6S2/c1-10-4-2-5(11(12)13)7(19(9,16)17)3-6(4)18(8,14)15/h2-3,10H,1H3,(H2,8,14,15)(H2,9,16,17). The summed E-state index contributed by atoms with van der Waals surface area (Å²) in [6.07, 6.45) is 0. The predicted molar refractivity (Wildman–Crippen MR) is 65.4 cm³/mol. The quantitative estimate of drug-likeness (QED) is 0.468. The van der Waals surface area contributed by atoms with Crippen LogP contribution >= 0.6 is 0 Å². The van der Waals surface area contributed by atoms with Crippen LogP contribution in [0, 0.1) is 10.1 Å². The van der Waals surface area contributed by atoms with E-state index in [-0.39, 0.29) is 5.69 Å². The maximum Gasteiger partial charge on any atom is 0.291 e. The van der Waals surface area contributed by atoms with Crippen LogP contribution in [0.5, 0.6) is 0 Å². The number of rotatable bonds is 4. The van der Waals surface area contributed by atoms with Crippen molar-refractivity contribution in [1.29, 1.82) is 0 Å². The number of nitro groups is 1. The molecule has 0 aromatic heterocycles. The maximum absolute atomic E-state index is 11.3. The third-order valence-electron chi connectivity index (χ3n) is 2.14. The first-order valence-electron chi connectivity index (χ1n) is 4.54. The van der Waals surface area contributed by atoms with Crippen LogP contribution in [0.4, 0.5) is 11.4 Å². The lowest BCUT2D eigenvalue weighted by molar-refractivity contribution is -0.387. The second kappa shape index (κ2) is 4.73. The molecule has 1 rings (SSSR count). The van der Waals surface area contributed by atoms with Crippen LogP contribution in [-0.2, 0) is 20.0 Å². The highest BCUT2D eigenvalue weighted by molar-refractivity contribution is 7.90. The first-order chi connectivity index (χ1) is 8.48. The summed E-state index contributed by atoms with van der Waals surface area (Å²) in [7, 11) is -7.46. The van der Waals surface area contributed by atoms with Crippen molar-refractivity contribution in [3.8, 4) is 0 Å². The molecular weight excluding hydrogens is 300 g/mol. The van der Waals surface area contributed by atoms with E-state index in [9.17, 15) is 26.9 Å². The molecule has 19 heavy (non-hydrogen) atoms.